The van der Waals surface area contributed by atoms with Crippen molar-refractivity contribution in [3.8, 4) is 68.3 Å². The van der Waals surface area contributed by atoms with E-state index < -0.39 is 0 Å². The van der Waals surface area contributed by atoms with Crippen LogP contribution < -0.4 is 9.47 Å². The number of fused-ring (bicyclic) bond motifs is 5. The van der Waals surface area contributed by atoms with Gasteiger partial charge in [0.05, 0.1) is 0 Å². The highest BCUT2D eigenvalue weighted by atomic mass is 16.6. The Bertz CT molecular complexity index is 2330. The maximum atomic E-state index is 6.37. The monoisotopic (exact) mass is 581 g/mol. The third-order valence-corrected chi connectivity index (χ3v) is 7.98. The minimum Gasteiger partial charge on any atom is -0.456 e. The van der Waals surface area contributed by atoms with Gasteiger partial charge in [-0.05, 0) is 41.5 Å². The summed E-state index contributed by atoms with van der Waals surface area (Å²) in [5.41, 5.74) is 6.32. The van der Waals surface area contributed by atoms with Crippen LogP contribution in [0.1, 0.15) is 0 Å². The van der Waals surface area contributed by atoms with Crippen LogP contribution >= 0.6 is 0 Å². The third-order valence-electron chi connectivity index (χ3n) is 7.98. The van der Waals surface area contributed by atoms with Crippen molar-refractivity contribution in [3.63, 3.8) is 0 Å². The van der Waals surface area contributed by atoms with E-state index in [1.54, 1.807) is 0 Å². The van der Waals surface area contributed by atoms with Crippen LogP contribution in [-0.4, -0.2) is 15.0 Å². The highest BCUT2D eigenvalue weighted by Crippen LogP contribution is 2.49. The molecular weight excluding hydrogens is 558 g/mol. The number of rotatable bonds is 4. The summed E-state index contributed by atoms with van der Waals surface area (Å²) in [6.07, 6.45) is 0. The average molecular weight is 582 g/mol. The molecule has 0 atom stereocenters. The van der Waals surface area contributed by atoms with Gasteiger partial charge in [0.25, 0.3) is 0 Å². The fourth-order valence-electron chi connectivity index (χ4n) is 5.76. The summed E-state index contributed by atoms with van der Waals surface area (Å²) in [5, 5.41) is 2.04. The highest BCUT2D eigenvalue weighted by molar-refractivity contribution is 6.06. The zero-order valence-electron chi connectivity index (χ0n) is 23.8. The van der Waals surface area contributed by atoms with Gasteiger partial charge in [0, 0.05) is 33.5 Å². The van der Waals surface area contributed by atoms with E-state index in [4.69, 9.17) is 28.8 Å². The van der Waals surface area contributed by atoms with Crippen molar-refractivity contribution in [2.75, 3.05) is 0 Å². The number of para-hydroxylation sites is 1. The quantitative estimate of drug-likeness (QED) is 0.206. The van der Waals surface area contributed by atoms with Crippen LogP contribution in [0, 0.1) is 0 Å². The molecule has 1 aliphatic heterocycles. The van der Waals surface area contributed by atoms with Crippen LogP contribution in [0.25, 0.3) is 67.2 Å². The van der Waals surface area contributed by atoms with Crippen molar-refractivity contribution in [1.82, 2.24) is 15.0 Å². The van der Waals surface area contributed by atoms with E-state index in [0.29, 0.717) is 40.5 Å². The second-order valence-electron chi connectivity index (χ2n) is 10.9. The predicted octanol–water partition coefficient (Wildman–Crippen LogP) is 10.3. The second-order valence-corrected chi connectivity index (χ2v) is 10.9. The molecule has 0 spiro atoms. The first-order valence-electron chi connectivity index (χ1n) is 14.7. The Hall–Kier alpha value is -6.27. The summed E-state index contributed by atoms with van der Waals surface area (Å²) >= 11 is 0. The molecule has 6 aromatic carbocycles. The van der Waals surface area contributed by atoms with Gasteiger partial charge in [-0.1, -0.05) is 103 Å². The van der Waals surface area contributed by atoms with Crippen LogP contribution in [0.2, 0.25) is 0 Å². The Morgan fingerprint density at radius 3 is 1.64 bits per heavy atom. The lowest BCUT2D eigenvalue weighted by Crippen LogP contribution is -2.00. The molecule has 212 valence electrons. The average Bonchev–Trinajstić information content (AvgIpc) is 3.47. The van der Waals surface area contributed by atoms with Gasteiger partial charge in [0.1, 0.15) is 11.2 Å². The number of nitrogens with zero attached hydrogens (tertiary/aromatic N) is 3. The van der Waals surface area contributed by atoms with Gasteiger partial charge < -0.3 is 13.9 Å². The van der Waals surface area contributed by atoms with Crippen LogP contribution in [0.4, 0.5) is 0 Å². The summed E-state index contributed by atoms with van der Waals surface area (Å²) in [7, 11) is 0. The van der Waals surface area contributed by atoms with Gasteiger partial charge in [-0.2, -0.15) is 0 Å². The van der Waals surface area contributed by atoms with Gasteiger partial charge in [-0.25, -0.2) is 15.0 Å². The van der Waals surface area contributed by atoms with Crippen molar-refractivity contribution in [2.45, 2.75) is 0 Å². The molecule has 0 saturated carbocycles. The van der Waals surface area contributed by atoms with Crippen molar-refractivity contribution >= 4 is 21.9 Å². The molecule has 3 heterocycles. The van der Waals surface area contributed by atoms with Crippen molar-refractivity contribution < 1.29 is 13.9 Å². The largest absolute Gasteiger partial charge is 0.456 e. The summed E-state index contributed by atoms with van der Waals surface area (Å²) in [6.45, 7) is 0. The molecule has 9 rings (SSSR count). The van der Waals surface area contributed by atoms with Gasteiger partial charge in [-0.3, -0.25) is 0 Å². The topological polar surface area (TPSA) is 70.3 Å². The zero-order valence-corrected chi connectivity index (χ0v) is 23.8. The first-order chi connectivity index (χ1) is 22.2. The summed E-state index contributed by atoms with van der Waals surface area (Å²) < 4.78 is 18.8. The molecule has 6 nitrogen and oxygen atoms in total. The molecule has 6 heteroatoms. The third kappa shape index (κ3) is 4.48. The normalized spacial score (nSPS) is 11.9. The lowest BCUT2D eigenvalue weighted by Gasteiger charge is -2.21. The Morgan fingerprint density at radius 2 is 0.889 bits per heavy atom. The molecule has 45 heavy (non-hydrogen) atoms. The smallest absolute Gasteiger partial charge is 0.173 e. The Balaban J connectivity index is 1.09. The first kappa shape index (κ1) is 25.2. The number of aromatic nitrogens is 3. The summed E-state index contributed by atoms with van der Waals surface area (Å²) in [6, 6.07) is 46.0. The van der Waals surface area contributed by atoms with E-state index in [1.165, 1.54) is 0 Å². The van der Waals surface area contributed by atoms with Crippen molar-refractivity contribution in [2.24, 2.45) is 0 Å². The van der Waals surface area contributed by atoms with E-state index in [-0.39, 0.29) is 0 Å². The van der Waals surface area contributed by atoms with Crippen LogP contribution in [0.5, 0.6) is 23.0 Å². The summed E-state index contributed by atoms with van der Waals surface area (Å²) in [4.78, 5) is 14.6. The Kier molecular flexibility index (Phi) is 5.71. The van der Waals surface area contributed by atoms with E-state index >= 15 is 0 Å². The summed E-state index contributed by atoms with van der Waals surface area (Å²) in [5.74, 6) is 4.43. The molecule has 0 radical (unpaired) electrons. The minimum atomic E-state index is 0.603. The second kappa shape index (κ2) is 10.2. The predicted molar refractivity (Wildman–Crippen MR) is 175 cm³/mol. The number of ether oxygens (including phenoxy) is 2. The lowest BCUT2D eigenvalue weighted by atomic mass is 10.0. The zero-order chi connectivity index (χ0) is 29.7. The van der Waals surface area contributed by atoms with Gasteiger partial charge in [-0.15, -0.1) is 0 Å². The fraction of sp³-hybridized carbons (Fsp3) is 0. The van der Waals surface area contributed by atoms with E-state index in [0.717, 1.165) is 49.8 Å². The molecule has 0 unspecified atom stereocenters. The number of benzene rings is 6. The maximum Gasteiger partial charge on any atom is 0.173 e. The lowest BCUT2D eigenvalue weighted by molar-refractivity contribution is 0.360. The molecular formula is C39H23N3O3. The molecule has 1 aliphatic rings. The van der Waals surface area contributed by atoms with Crippen LogP contribution in [0.15, 0.2) is 144 Å². The van der Waals surface area contributed by atoms with Gasteiger partial charge in [0.15, 0.2) is 40.5 Å². The molecule has 0 saturated heterocycles. The first-order valence-corrected chi connectivity index (χ1v) is 14.7. The van der Waals surface area contributed by atoms with Gasteiger partial charge in [0.2, 0.25) is 0 Å². The Labute approximate surface area is 258 Å². The van der Waals surface area contributed by atoms with Crippen LogP contribution in [-0.2, 0) is 0 Å². The van der Waals surface area contributed by atoms with Gasteiger partial charge >= 0.3 is 0 Å². The molecule has 0 bridgehead atoms. The molecule has 0 N–H and O–H groups in total. The Morgan fingerprint density at radius 1 is 0.333 bits per heavy atom. The van der Waals surface area contributed by atoms with Crippen LogP contribution in [0.3, 0.4) is 0 Å². The molecule has 8 aromatic rings. The molecule has 0 aliphatic carbocycles. The van der Waals surface area contributed by atoms with E-state index in [9.17, 15) is 0 Å². The molecule has 0 fully saturated rings. The molecule has 0 amide bonds. The minimum absolute atomic E-state index is 0.603. The van der Waals surface area contributed by atoms with Crippen molar-refractivity contribution in [1.29, 1.82) is 0 Å². The standard InChI is InChI=1S/C39H23N3O3/c1-3-10-24(11-4-1)37-40-38(25-12-5-2-6-13-25)42-39(41-37)28-15-9-14-26(20-28)27-18-19-32-34(21-27)45-36-23-33-30(22-35(36)44-32)29-16-7-8-17-31(29)43-33/h1-23H. The number of furan rings is 1. The number of hydrogen-bond acceptors (Lipinski definition) is 6. The number of hydrogen-bond donors (Lipinski definition) is 0. The molecule has 2 aromatic heterocycles. The highest BCUT2D eigenvalue weighted by Gasteiger charge is 2.22. The SMILES string of the molecule is c1ccc(-c2nc(-c3ccccc3)nc(-c3cccc(-c4ccc5c(c4)Oc4cc6oc7ccccc7c6cc4O5)c3)n2)cc1. The maximum absolute atomic E-state index is 6.37. The van der Waals surface area contributed by atoms with E-state index in [1.807, 2.05) is 127 Å². The fourth-order valence-corrected chi connectivity index (χ4v) is 5.76. The van der Waals surface area contributed by atoms with E-state index in [2.05, 4.69) is 12.1 Å². The van der Waals surface area contributed by atoms with Crippen molar-refractivity contribution in [3.05, 3.63) is 140 Å².